The minimum absolute atomic E-state index is 0.0472. The van der Waals surface area contributed by atoms with Gasteiger partial charge in [0.1, 0.15) is 17.3 Å². The van der Waals surface area contributed by atoms with Crippen LogP contribution in [0.4, 0.5) is 18.9 Å². The van der Waals surface area contributed by atoms with Crippen molar-refractivity contribution < 1.29 is 41.9 Å². The lowest BCUT2D eigenvalue weighted by Crippen LogP contribution is -2.62. The van der Waals surface area contributed by atoms with Crippen molar-refractivity contribution in [1.29, 1.82) is 0 Å². The first-order valence-corrected chi connectivity index (χ1v) is 9.94. The fourth-order valence-electron chi connectivity index (χ4n) is 4.05. The maximum absolute atomic E-state index is 14.3. The van der Waals surface area contributed by atoms with Crippen LogP contribution in [0.1, 0.15) is 24.0 Å². The van der Waals surface area contributed by atoms with Crippen molar-refractivity contribution in [2.24, 2.45) is 5.92 Å². The third-order valence-electron chi connectivity index (χ3n) is 5.53. The van der Waals surface area contributed by atoms with E-state index in [0.29, 0.717) is 0 Å². The molecule has 0 amide bonds. The van der Waals surface area contributed by atoms with Gasteiger partial charge in [0.25, 0.3) is 5.69 Å². The Balaban J connectivity index is 2.09. The first-order chi connectivity index (χ1) is 16.0. The number of benzene rings is 2. The maximum Gasteiger partial charge on any atom is 0.456 e. The average molecular weight is 479 g/mol. The summed E-state index contributed by atoms with van der Waals surface area (Å²) < 4.78 is 57.9. The summed E-state index contributed by atoms with van der Waals surface area (Å²) in [4.78, 5) is 36.1. The number of carbonyl (C=O) groups is 1. The number of fused-ring (bicyclic) bond motifs is 3. The number of carbonyl (C=O) groups excluding carboxylic acids is 1. The van der Waals surface area contributed by atoms with Crippen LogP contribution in [0.2, 0.25) is 0 Å². The highest BCUT2D eigenvalue weighted by atomic mass is 19.4. The van der Waals surface area contributed by atoms with Crippen molar-refractivity contribution in [2.75, 3.05) is 6.61 Å². The molecule has 34 heavy (non-hydrogen) atoms. The van der Waals surface area contributed by atoms with Gasteiger partial charge in [0.05, 0.1) is 22.5 Å². The number of esters is 1. The van der Waals surface area contributed by atoms with Gasteiger partial charge in [0.15, 0.2) is 0 Å². The van der Waals surface area contributed by atoms with Gasteiger partial charge >= 0.3 is 23.6 Å². The van der Waals surface area contributed by atoms with Gasteiger partial charge in [-0.25, -0.2) is 4.79 Å². The second-order valence-corrected chi connectivity index (χ2v) is 7.48. The number of nitrogens with zero attached hydrogens (tertiary/aromatic N) is 1. The highest BCUT2D eigenvalue weighted by Crippen LogP contribution is 2.53. The van der Waals surface area contributed by atoms with Crippen LogP contribution in [0.15, 0.2) is 57.7 Å². The van der Waals surface area contributed by atoms with Crippen LogP contribution in [0.5, 0.6) is 5.75 Å². The van der Waals surface area contributed by atoms with E-state index < -0.39 is 51.6 Å². The standard InChI is InChI=1S/C22H16F3NO8/c1-2-32-20(28)17-15(11-7-9-12(10-8-11)26(30)31)16-18(34-21(17,29)22(23,24)25)13-5-3-4-6-14(13)33-19(16)27/h3-10,15,17,29H,2H2,1H3. The highest BCUT2D eigenvalue weighted by Gasteiger charge is 2.69. The summed E-state index contributed by atoms with van der Waals surface area (Å²) in [6, 6.07) is 9.77. The molecule has 178 valence electrons. The predicted octanol–water partition coefficient (Wildman–Crippen LogP) is 3.66. The van der Waals surface area contributed by atoms with Crippen molar-refractivity contribution in [3.8, 4) is 5.75 Å². The van der Waals surface area contributed by atoms with Crippen LogP contribution in [-0.2, 0) is 9.53 Å². The fourth-order valence-corrected chi connectivity index (χ4v) is 4.05. The van der Waals surface area contributed by atoms with Crippen LogP contribution >= 0.6 is 0 Å². The molecule has 4 rings (SSSR count). The fraction of sp³-hybridized carbons (Fsp3) is 0.273. The average Bonchev–Trinajstić information content (AvgIpc) is 2.77. The first kappa shape index (κ1) is 23.2. The lowest BCUT2D eigenvalue weighted by Gasteiger charge is -2.43. The van der Waals surface area contributed by atoms with Gasteiger partial charge in [-0.15, -0.1) is 0 Å². The van der Waals surface area contributed by atoms with E-state index in [1.165, 1.54) is 31.2 Å². The molecule has 1 aromatic heterocycles. The van der Waals surface area contributed by atoms with Gasteiger partial charge in [-0.3, -0.25) is 14.9 Å². The zero-order valence-electron chi connectivity index (χ0n) is 17.4. The van der Waals surface area contributed by atoms with E-state index in [1.54, 1.807) is 0 Å². The summed E-state index contributed by atoms with van der Waals surface area (Å²) in [5.74, 6) is -10.4. The monoisotopic (exact) mass is 479 g/mol. The number of non-ortho nitro benzene ring substituents is 1. The molecule has 3 aromatic rings. The molecular weight excluding hydrogens is 463 g/mol. The van der Waals surface area contributed by atoms with Crippen molar-refractivity contribution in [3.63, 3.8) is 0 Å². The minimum Gasteiger partial charge on any atom is -0.466 e. The summed E-state index contributed by atoms with van der Waals surface area (Å²) in [5.41, 5.74) is -2.14. The molecule has 0 bridgehead atoms. The molecule has 0 saturated carbocycles. The number of alkyl halides is 3. The van der Waals surface area contributed by atoms with Crippen LogP contribution in [0.3, 0.4) is 0 Å². The van der Waals surface area contributed by atoms with Gasteiger partial charge < -0.3 is 19.0 Å². The molecule has 1 aliphatic rings. The summed E-state index contributed by atoms with van der Waals surface area (Å²) in [6.07, 6.45) is -5.50. The van der Waals surface area contributed by atoms with E-state index in [-0.39, 0.29) is 28.8 Å². The maximum atomic E-state index is 14.3. The van der Waals surface area contributed by atoms with Crippen LogP contribution < -0.4 is 10.4 Å². The lowest BCUT2D eigenvalue weighted by molar-refractivity contribution is -0.384. The zero-order valence-corrected chi connectivity index (χ0v) is 17.4. The topological polar surface area (TPSA) is 129 Å². The Labute approximate surface area is 188 Å². The SMILES string of the molecule is CCOC(=O)C1C(c2ccc([N+](=O)[O-])cc2)c2c(c3ccccc3oc2=O)OC1(O)C(F)(F)F. The molecule has 1 N–H and O–H groups in total. The number of hydrogen-bond acceptors (Lipinski definition) is 8. The third-order valence-corrected chi connectivity index (χ3v) is 5.53. The highest BCUT2D eigenvalue weighted by molar-refractivity contribution is 5.87. The van der Waals surface area contributed by atoms with Crippen LogP contribution in [0.25, 0.3) is 11.0 Å². The molecule has 2 heterocycles. The van der Waals surface area contributed by atoms with E-state index >= 15 is 0 Å². The van der Waals surface area contributed by atoms with Gasteiger partial charge in [0.2, 0.25) is 0 Å². The lowest BCUT2D eigenvalue weighted by atomic mass is 9.74. The molecule has 9 nitrogen and oxygen atoms in total. The van der Waals surface area contributed by atoms with Crippen LogP contribution in [0, 0.1) is 16.0 Å². The van der Waals surface area contributed by atoms with E-state index in [4.69, 9.17) is 13.9 Å². The number of halogens is 3. The molecule has 3 unspecified atom stereocenters. The smallest absolute Gasteiger partial charge is 0.456 e. The van der Waals surface area contributed by atoms with Gasteiger partial charge in [-0.2, -0.15) is 13.2 Å². The van der Waals surface area contributed by atoms with Crippen LogP contribution in [-0.4, -0.2) is 34.6 Å². The normalized spacial score (nSPS) is 22.0. The molecule has 2 aromatic carbocycles. The summed E-state index contributed by atoms with van der Waals surface area (Å²) in [5, 5.41) is 21.8. The molecule has 0 saturated heterocycles. The number of rotatable bonds is 4. The summed E-state index contributed by atoms with van der Waals surface area (Å²) >= 11 is 0. The van der Waals surface area contributed by atoms with Crippen molar-refractivity contribution >= 4 is 22.6 Å². The first-order valence-electron chi connectivity index (χ1n) is 9.94. The molecule has 12 heteroatoms. The minimum atomic E-state index is -5.50. The largest absolute Gasteiger partial charge is 0.466 e. The zero-order chi connectivity index (χ0) is 24.8. The van der Waals surface area contributed by atoms with Gasteiger partial charge in [-0.1, -0.05) is 24.3 Å². The molecular formula is C22H16F3NO8. The predicted molar refractivity (Wildman–Crippen MR) is 109 cm³/mol. The number of nitro groups is 1. The third kappa shape index (κ3) is 3.55. The van der Waals surface area contributed by atoms with E-state index in [0.717, 1.165) is 24.3 Å². The Bertz CT molecular complexity index is 1330. The molecule has 0 aliphatic carbocycles. The Morgan fingerprint density at radius 3 is 2.44 bits per heavy atom. The van der Waals surface area contributed by atoms with E-state index in [2.05, 4.69) is 0 Å². The summed E-state index contributed by atoms with van der Waals surface area (Å²) in [6.45, 7) is 1.03. The number of aliphatic hydroxyl groups is 1. The van der Waals surface area contributed by atoms with Gasteiger partial charge in [-0.05, 0) is 24.6 Å². The molecule has 0 radical (unpaired) electrons. The molecule has 0 spiro atoms. The quantitative estimate of drug-likeness (QED) is 0.260. The van der Waals surface area contributed by atoms with Gasteiger partial charge in [0, 0.05) is 18.1 Å². The Kier molecular flexibility index (Phi) is 5.56. The number of hydrogen-bond donors (Lipinski definition) is 1. The number of nitro benzene ring substituents is 1. The Morgan fingerprint density at radius 2 is 1.85 bits per heavy atom. The number of para-hydroxylation sites is 1. The molecule has 3 atom stereocenters. The summed E-state index contributed by atoms with van der Waals surface area (Å²) in [7, 11) is 0. The van der Waals surface area contributed by atoms with Crippen molar-refractivity contribution in [3.05, 3.63) is 80.2 Å². The van der Waals surface area contributed by atoms with Crippen molar-refractivity contribution in [2.45, 2.75) is 24.8 Å². The van der Waals surface area contributed by atoms with E-state index in [1.807, 2.05) is 0 Å². The second-order valence-electron chi connectivity index (χ2n) is 7.48. The molecule has 0 fully saturated rings. The molecule has 1 aliphatic heterocycles. The van der Waals surface area contributed by atoms with Crippen molar-refractivity contribution in [1.82, 2.24) is 0 Å². The number of ether oxygens (including phenoxy) is 2. The van der Waals surface area contributed by atoms with E-state index in [9.17, 15) is 38.0 Å². The Morgan fingerprint density at radius 1 is 1.21 bits per heavy atom. The second kappa shape index (κ2) is 8.13. The Hall–Kier alpha value is -3.93.